The average molecular weight is 359 g/mol. The van der Waals surface area contributed by atoms with Crippen molar-refractivity contribution in [2.24, 2.45) is 0 Å². The van der Waals surface area contributed by atoms with E-state index in [0.717, 1.165) is 19.5 Å². The molecule has 1 aliphatic heterocycles. The first-order valence-electron chi connectivity index (χ1n) is 8.63. The first-order chi connectivity index (χ1) is 12.2. The Labute approximate surface area is 153 Å². The zero-order chi connectivity index (χ0) is 17.6. The number of amides is 1. The van der Waals surface area contributed by atoms with Crippen LogP contribution in [0, 0.1) is 0 Å². The number of nitrogens with zero attached hydrogens (tertiary/aromatic N) is 1. The number of benzene rings is 2. The van der Waals surface area contributed by atoms with Gasteiger partial charge in [-0.15, -0.1) is 0 Å². The van der Waals surface area contributed by atoms with Crippen molar-refractivity contribution in [3.63, 3.8) is 0 Å². The summed E-state index contributed by atoms with van der Waals surface area (Å²) in [4.78, 5) is 14.8. The molecule has 25 heavy (non-hydrogen) atoms. The number of methoxy groups -OCH3 is 1. The molecule has 0 aromatic heterocycles. The molecule has 3 rings (SSSR count). The summed E-state index contributed by atoms with van der Waals surface area (Å²) in [6, 6.07) is 13.7. The normalized spacial score (nSPS) is 13.8. The maximum Gasteiger partial charge on any atom is 0.255 e. The Hall–Kier alpha value is -2.20. The van der Waals surface area contributed by atoms with Crippen LogP contribution in [0.3, 0.4) is 0 Å². The van der Waals surface area contributed by atoms with Crippen LogP contribution in [0.5, 0.6) is 5.75 Å². The summed E-state index contributed by atoms with van der Waals surface area (Å²) in [6.07, 6.45) is 3.34. The zero-order valence-electron chi connectivity index (χ0n) is 14.4. The highest BCUT2D eigenvalue weighted by Crippen LogP contribution is 2.23. The molecule has 4 nitrogen and oxygen atoms in total. The molecular formula is C20H23ClN2O2. The standard InChI is InChI=1S/C20H23ClN2O2/c1-25-19-9-6-16(21)14-18(19)20(24)22-11-10-15-4-7-17(8-5-15)23-12-2-3-13-23/h4-9,14H,2-3,10-13H2,1H3,(H,22,24). The number of ether oxygens (including phenoxy) is 1. The van der Waals surface area contributed by atoms with Crippen LogP contribution in [0.2, 0.25) is 5.02 Å². The van der Waals surface area contributed by atoms with Gasteiger partial charge in [0.05, 0.1) is 12.7 Å². The largest absolute Gasteiger partial charge is 0.496 e. The highest BCUT2D eigenvalue weighted by Gasteiger charge is 2.13. The Kier molecular flexibility index (Phi) is 5.82. The molecule has 0 radical (unpaired) electrons. The van der Waals surface area contributed by atoms with E-state index in [-0.39, 0.29) is 5.91 Å². The summed E-state index contributed by atoms with van der Waals surface area (Å²) in [7, 11) is 1.54. The average Bonchev–Trinajstić information content (AvgIpc) is 3.17. The molecule has 1 aliphatic rings. The van der Waals surface area contributed by atoms with Gasteiger partial charge in [0.25, 0.3) is 5.91 Å². The van der Waals surface area contributed by atoms with Gasteiger partial charge in [-0.25, -0.2) is 0 Å². The molecule has 0 aliphatic carbocycles. The van der Waals surface area contributed by atoms with Gasteiger partial charge in [-0.05, 0) is 55.2 Å². The van der Waals surface area contributed by atoms with Crippen molar-refractivity contribution in [2.75, 3.05) is 31.6 Å². The van der Waals surface area contributed by atoms with Crippen LogP contribution >= 0.6 is 11.6 Å². The van der Waals surface area contributed by atoms with Crippen molar-refractivity contribution in [2.45, 2.75) is 19.3 Å². The van der Waals surface area contributed by atoms with E-state index in [4.69, 9.17) is 16.3 Å². The number of carbonyl (C=O) groups excluding carboxylic acids is 1. The van der Waals surface area contributed by atoms with Crippen LogP contribution in [0.4, 0.5) is 5.69 Å². The molecule has 2 aromatic rings. The molecule has 132 valence electrons. The molecule has 1 amide bonds. The Morgan fingerprint density at radius 3 is 2.56 bits per heavy atom. The predicted octanol–water partition coefficient (Wildman–Crippen LogP) is 3.92. The lowest BCUT2D eigenvalue weighted by atomic mass is 10.1. The van der Waals surface area contributed by atoms with Crippen molar-refractivity contribution >= 4 is 23.2 Å². The number of hydrogen-bond donors (Lipinski definition) is 1. The van der Waals surface area contributed by atoms with Crippen molar-refractivity contribution in [1.82, 2.24) is 5.32 Å². The topological polar surface area (TPSA) is 41.6 Å². The molecule has 2 aromatic carbocycles. The van der Waals surface area contributed by atoms with Crippen LogP contribution in [0.25, 0.3) is 0 Å². The number of hydrogen-bond acceptors (Lipinski definition) is 3. The Bertz CT molecular complexity index is 725. The third-order valence-corrected chi connectivity index (χ3v) is 4.75. The minimum Gasteiger partial charge on any atom is -0.496 e. The summed E-state index contributed by atoms with van der Waals surface area (Å²) in [5.41, 5.74) is 2.95. The van der Waals surface area contributed by atoms with Gasteiger partial charge in [0.15, 0.2) is 0 Å². The predicted molar refractivity (Wildman–Crippen MR) is 102 cm³/mol. The van der Waals surface area contributed by atoms with Crippen LogP contribution < -0.4 is 15.0 Å². The summed E-state index contributed by atoms with van der Waals surface area (Å²) < 4.78 is 5.22. The highest BCUT2D eigenvalue weighted by molar-refractivity contribution is 6.31. The van der Waals surface area contributed by atoms with Gasteiger partial charge >= 0.3 is 0 Å². The van der Waals surface area contributed by atoms with Crippen LogP contribution in [-0.4, -0.2) is 32.7 Å². The molecule has 0 bridgehead atoms. The van der Waals surface area contributed by atoms with E-state index in [1.807, 2.05) is 0 Å². The van der Waals surface area contributed by atoms with E-state index in [1.54, 1.807) is 25.3 Å². The van der Waals surface area contributed by atoms with Gasteiger partial charge in [0, 0.05) is 30.3 Å². The maximum absolute atomic E-state index is 12.3. The third-order valence-electron chi connectivity index (χ3n) is 4.51. The third kappa shape index (κ3) is 4.45. The number of nitrogens with one attached hydrogen (secondary N) is 1. The van der Waals surface area contributed by atoms with Gasteiger partial charge in [-0.2, -0.15) is 0 Å². The van der Waals surface area contributed by atoms with E-state index in [0.29, 0.717) is 22.9 Å². The van der Waals surface area contributed by atoms with Crippen molar-refractivity contribution in [3.8, 4) is 5.75 Å². The molecule has 1 saturated heterocycles. The van der Waals surface area contributed by atoms with Gasteiger partial charge in [-0.3, -0.25) is 4.79 Å². The van der Waals surface area contributed by atoms with E-state index in [1.165, 1.54) is 24.1 Å². The lowest BCUT2D eigenvalue weighted by Gasteiger charge is -2.17. The number of rotatable bonds is 6. The lowest BCUT2D eigenvalue weighted by molar-refractivity contribution is 0.0951. The van der Waals surface area contributed by atoms with E-state index >= 15 is 0 Å². The lowest BCUT2D eigenvalue weighted by Crippen LogP contribution is -2.26. The monoisotopic (exact) mass is 358 g/mol. The minimum atomic E-state index is -0.173. The quantitative estimate of drug-likeness (QED) is 0.850. The van der Waals surface area contributed by atoms with E-state index in [2.05, 4.69) is 34.5 Å². The second kappa shape index (κ2) is 8.26. The van der Waals surface area contributed by atoms with E-state index in [9.17, 15) is 4.79 Å². The summed E-state index contributed by atoms with van der Waals surface area (Å²) in [5.74, 6) is 0.352. The molecule has 0 spiro atoms. The first kappa shape index (κ1) is 17.6. The first-order valence-corrected chi connectivity index (χ1v) is 9.01. The molecule has 1 fully saturated rings. The molecule has 0 saturated carbocycles. The van der Waals surface area contributed by atoms with Crippen molar-refractivity contribution in [1.29, 1.82) is 0 Å². The van der Waals surface area contributed by atoms with Crippen molar-refractivity contribution < 1.29 is 9.53 Å². The second-order valence-corrected chi connectivity index (χ2v) is 6.65. The maximum atomic E-state index is 12.3. The fourth-order valence-electron chi connectivity index (χ4n) is 3.12. The SMILES string of the molecule is COc1ccc(Cl)cc1C(=O)NCCc1ccc(N2CCCC2)cc1. The van der Waals surface area contributed by atoms with E-state index < -0.39 is 0 Å². The number of halogens is 1. The van der Waals surface area contributed by atoms with Crippen LogP contribution in [-0.2, 0) is 6.42 Å². The molecule has 5 heteroatoms. The summed E-state index contributed by atoms with van der Waals surface area (Å²) in [5, 5.41) is 3.45. The van der Waals surface area contributed by atoms with Gasteiger partial charge in [0.2, 0.25) is 0 Å². The minimum absolute atomic E-state index is 0.173. The van der Waals surface area contributed by atoms with Crippen LogP contribution in [0.1, 0.15) is 28.8 Å². The van der Waals surface area contributed by atoms with Crippen molar-refractivity contribution in [3.05, 3.63) is 58.6 Å². The smallest absolute Gasteiger partial charge is 0.255 e. The molecule has 1 N–H and O–H groups in total. The Morgan fingerprint density at radius 1 is 1.16 bits per heavy atom. The van der Waals surface area contributed by atoms with Crippen LogP contribution in [0.15, 0.2) is 42.5 Å². The Balaban J connectivity index is 1.54. The second-order valence-electron chi connectivity index (χ2n) is 6.21. The number of anilines is 1. The zero-order valence-corrected chi connectivity index (χ0v) is 15.2. The van der Waals surface area contributed by atoms with Gasteiger partial charge < -0.3 is 15.0 Å². The molecule has 0 atom stereocenters. The Morgan fingerprint density at radius 2 is 1.88 bits per heavy atom. The summed E-state index contributed by atoms with van der Waals surface area (Å²) in [6.45, 7) is 2.87. The summed E-state index contributed by atoms with van der Waals surface area (Å²) >= 11 is 5.98. The van der Waals surface area contributed by atoms with Gasteiger partial charge in [-0.1, -0.05) is 23.7 Å². The fraction of sp³-hybridized carbons (Fsp3) is 0.350. The molecular weight excluding hydrogens is 336 g/mol. The fourth-order valence-corrected chi connectivity index (χ4v) is 3.29. The highest BCUT2D eigenvalue weighted by atomic mass is 35.5. The molecule has 0 unspecified atom stereocenters. The number of carbonyl (C=O) groups is 1. The molecule has 1 heterocycles. The van der Waals surface area contributed by atoms with Gasteiger partial charge in [0.1, 0.15) is 5.75 Å².